The summed E-state index contributed by atoms with van der Waals surface area (Å²) in [5.41, 5.74) is 2.23. The Morgan fingerprint density at radius 2 is 2.00 bits per heavy atom. The first kappa shape index (κ1) is 16.2. The van der Waals surface area contributed by atoms with Gasteiger partial charge in [-0.3, -0.25) is 0 Å². The van der Waals surface area contributed by atoms with Crippen LogP contribution < -0.4 is 10.6 Å². The maximum atomic E-state index is 13.0. The van der Waals surface area contributed by atoms with Gasteiger partial charge < -0.3 is 10.6 Å². The first-order valence-electron chi connectivity index (χ1n) is 8.41. The highest BCUT2D eigenvalue weighted by Gasteiger charge is 2.15. The fraction of sp³-hybridized carbons (Fsp3) is 0.263. The van der Waals surface area contributed by atoms with E-state index in [9.17, 15) is 4.39 Å². The average Bonchev–Trinajstić information content (AvgIpc) is 3.29. The van der Waals surface area contributed by atoms with Crippen LogP contribution in [0, 0.1) is 11.7 Å². The second kappa shape index (κ2) is 7.29. The Kier molecular flexibility index (Phi) is 4.72. The van der Waals surface area contributed by atoms with E-state index in [1.165, 1.54) is 35.5 Å². The fourth-order valence-corrected chi connectivity index (χ4v) is 3.86. The second-order valence-electron chi connectivity index (χ2n) is 6.28. The molecule has 1 atom stereocenters. The molecule has 0 aliphatic carbocycles. The number of nitrogens with one attached hydrogen (secondary N) is 2. The highest BCUT2D eigenvalue weighted by Crippen LogP contribution is 2.30. The van der Waals surface area contributed by atoms with Crippen molar-refractivity contribution in [2.24, 2.45) is 5.92 Å². The van der Waals surface area contributed by atoms with Gasteiger partial charge in [-0.2, -0.15) is 0 Å². The van der Waals surface area contributed by atoms with Crippen LogP contribution >= 0.6 is 11.3 Å². The molecule has 6 heteroatoms. The van der Waals surface area contributed by atoms with Gasteiger partial charge >= 0.3 is 0 Å². The van der Waals surface area contributed by atoms with Crippen LogP contribution in [-0.2, 0) is 6.42 Å². The minimum atomic E-state index is -0.232. The van der Waals surface area contributed by atoms with Gasteiger partial charge in [0.2, 0.25) is 0 Å². The molecule has 0 bridgehead atoms. The molecule has 1 aliphatic rings. The van der Waals surface area contributed by atoms with Crippen LogP contribution in [0.2, 0.25) is 0 Å². The minimum Gasteiger partial charge on any atom is -0.316 e. The lowest BCUT2D eigenvalue weighted by Gasteiger charge is -2.08. The number of hydrogen-bond acceptors (Lipinski definition) is 5. The quantitative estimate of drug-likeness (QED) is 0.719. The van der Waals surface area contributed by atoms with Gasteiger partial charge in [-0.1, -0.05) is 29.5 Å². The molecule has 25 heavy (non-hydrogen) atoms. The number of aromatic nitrogens is 2. The Labute approximate surface area is 150 Å². The smallest absolute Gasteiger partial charge is 0.188 e. The van der Waals surface area contributed by atoms with Crippen molar-refractivity contribution in [1.82, 2.24) is 15.3 Å². The van der Waals surface area contributed by atoms with Crippen molar-refractivity contribution in [3.05, 3.63) is 60.2 Å². The van der Waals surface area contributed by atoms with Crippen LogP contribution in [0.15, 0.2) is 48.8 Å². The number of nitrogens with zero attached hydrogens (tertiary/aromatic N) is 2. The summed E-state index contributed by atoms with van der Waals surface area (Å²) < 4.78 is 13.0. The molecule has 1 saturated heterocycles. The zero-order chi connectivity index (χ0) is 17.1. The Bertz CT molecular complexity index is 823. The molecule has 2 aromatic heterocycles. The van der Waals surface area contributed by atoms with E-state index in [4.69, 9.17) is 0 Å². The highest BCUT2D eigenvalue weighted by atomic mass is 32.1. The number of hydrogen-bond donors (Lipinski definition) is 2. The molecule has 1 aromatic carbocycles. The summed E-state index contributed by atoms with van der Waals surface area (Å²) in [7, 11) is 0. The van der Waals surface area contributed by atoms with Crippen molar-refractivity contribution in [3.8, 4) is 10.4 Å². The van der Waals surface area contributed by atoms with Gasteiger partial charge in [0.15, 0.2) is 5.13 Å². The molecule has 1 unspecified atom stereocenters. The molecule has 1 aliphatic heterocycles. The number of pyridine rings is 1. The van der Waals surface area contributed by atoms with Crippen molar-refractivity contribution in [2.75, 3.05) is 18.4 Å². The maximum Gasteiger partial charge on any atom is 0.188 e. The van der Waals surface area contributed by atoms with Crippen molar-refractivity contribution in [2.45, 2.75) is 12.8 Å². The van der Waals surface area contributed by atoms with Crippen LogP contribution in [-0.4, -0.2) is 23.1 Å². The van der Waals surface area contributed by atoms with E-state index in [1.807, 2.05) is 12.3 Å². The average molecular weight is 354 g/mol. The van der Waals surface area contributed by atoms with Crippen LogP contribution in [0.3, 0.4) is 0 Å². The van der Waals surface area contributed by atoms with E-state index >= 15 is 0 Å². The number of benzene rings is 1. The Morgan fingerprint density at radius 3 is 2.72 bits per heavy atom. The zero-order valence-corrected chi connectivity index (χ0v) is 14.5. The lowest BCUT2D eigenvalue weighted by atomic mass is 10.00. The van der Waals surface area contributed by atoms with E-state index in [-0.39, 0.29) is 5.82 Å². The van der Waals surface area contributed by atoms with E-state index in [2.05, 4.69) is 26.7 Å². The summed E-state index contributed by atoms with van der Waals surface area (Å²) in [6.07, 6.45) is 6.05. The van der Waals surface area contributed by atoms with Crippen LogP contribution in [0.1, 0.15) is 12.0 Å². The minimum absolute atomic E-state index is 0.232. The summed E-state index contributed by atoms with van der Waals surface area (Å²) in [5.74, 6) is 1.27. The normalized spacial score (nSPS) is 16.9. The molecule has 0 spiro atoms. The highest BCUT2D eigenvalue weighted by molar-refractivity contribution is 7.18. The molecule has 2 N–H and O–H groups in total. The van der Waals surface area contributed by atoms with Crippen LogP contribution in [0.5, 0.6) is 0 Å². The monoisotopic (exact) mass is 354 g/mol. The Hall–Kier alpha value is -2.31. The topological polar surface area (TPSA) is 49.8 Å². The maximum absolute atomic E-state index is 13.0. The molecule has 3 aromatic rings. The largest absolute Gasteiger partial charge is 0.316 e. The second-order valence-corrected chi connectivity index (χ2v) is 7.31. The third kappa shape index (κ3) is 4.03. The van der Waals surface area contributed by atoms with Gasteiger partial charge in [0.1, 0.15) is 11.6 Å². The van der Waals surface area contributed by atoms with E-state index in [0.717, 1.165) is 46.8 Å². The van der Waals surface area contributed by atoms with Crippen molar-refractivity contribution < 1.29 is 4.39 Å². The molecule has 0 amide bonds. The third-order valence-corrected chi connectivity index (χ3v) is 5.34. The van der Waals surface area contributed by atoms with Gasteiger partial charge in [0, 0.05) is 12.4 Å². The predicted octanol–water partition coefficient (Wildman–Crippen LogP) is 4.24. The molecule has 0 radical (unpaired) electrons. The van der Waals surface area contributed by atoms with E-state index in [1.54, 1.807) is 18.3 Å². The van der Waals surface area contributed by atoms with Crippen LogP contribution in [0.4, 0.5) is 15.3 Å². The summed E-state index contributed by atoms with van der Waals surface area (Å²) in [4.78, 5) is 9.87. The van der Waals surface area contributed by atoms with Gasteiger partial charge in [-0.05, 0) is 61.2 Å². The fourth-order valence-electron chi connectivity index (χ4n) is 3.03. The first-order chi connectivity index (χ1) is 12.3. The summed E-state index contributed by atoms with van der Waals surface area (Å²) >= 11 is 1.52. The lowest BCUT2D eigenvalue weighted by molar-refractivity contribution is 0.579. The Morgan fingerprint density at radius 1 is 1.12 bits per heavy atom. The van der Waals surface area contributed by atoms with Crippen LogP contribution in [0.25, 0.3) is 10.4 Å². The van der Waals surface area contributed by atoms with Crippen molar-refractivity contribution in [1.29, 1.82) is 0 Å². The first-order valence-corrected chi connectivity index (χ1v) is 9.22. The van der Waals surface area contributed by atoms with Crippen molar-refractivity contribution >= 4 is 22.3 Å². The summed E-state index contributed by atoms with van der Waals surface area (Å²) in [6.45, 7) is 2.23. The molecule has 4 nitrogen and oxygen atoms in total. The predicted molar refractivity (Wildman–Crippen MR) is 99.7 cm³/mol. The van der Waals surface area contributed by atoms with Crippen molar-refractivity contribution in [3.63, 3.8) is 0 Å². The van der Waals surface area contributed by atoms with Gasteiger partial charge in [0.25, 0.3) is 0 Å². The third-order valence-electron chi connectivity index (χ3n) is 4.38. The lowest BCUT2D eigenvalue weighted by Crippen LogP contribution is -2.10. The standard InChI is InChI=1S/C19H19FN4S/c20-16-4-2-15(3-5-16)17-12-23-19(25-17)24-18-6-1-13(11-22-18)9-14-7-8-21-10-14/h1-6,11-12,14,21H,7-10H2,(H,22,23,24). The molecule has 128 valence electrons. The van der Waals surface area contributed by atoms with E-state index < -0.39 is 0 Å². The Balaban J connectivity index is 1.41. The number of anilines is 2. The number of thiazole rings is 1. The molecule has 4 rings (SSSR count). The molecule has 0 saturated carbocycles. The summed E-state index contributed by atoms with van der Waals surface area (Å²) in [5, 5.41) is 7.41. The number of rotatable bonds is 5. The molecule has 3 heterocycles. The van der Waals surface area contributed by atoms with Gasteiger partial charge in [-0.15, -0.1) is 0 Å². The number of halogens is 1. The van der Waals surface area contributed by atoms with E-state index in [0.29, 0.717) is 0 Å². The van der Waals surface area contributed by atoms with Gasteiger partial charge in [-0.25, -0.2) is 14.4 Å². The molecular weight excluding hydrogens is 335 g/mol. The SMILES string of the molecule is Fc1ccc(-c2cnc(Nc3ccc(CC4CCNC4)cn3)s2)cc1. The molecule has 1 fully saturated rings. The van der Waals surface area contributed by atoms with Gasteiger partial charge in [0.05, 0.1) is 4.88 Å². The zero-order valence-electron chi connectivity index (χ0n) is 13.7. The summed E-state index contributed by atoms with van der Waals surface area (Å²) in [6, 6.07) is 10.6. The molecular formula is C19H19FN4S.